The Labute approximate surface area is 143 Å². The van der Waals surface area contributed by atoms with Crippen molar-refractivity contribution >= 4 is 18.6 Å². The van der Waals surface area contributed by atoms with Gasteiger partial charge in [-0.15, -0.1) is 0 Å². The van der Waals surface area contributed by atoms with Gasteiger partial charge in [0.1, 0.15) is 26.6 Å². The number of pyridine rings is 2. The van der Waals surface area contributed by atoms with Gasteiger partial charge in [0.15, 0.2) is 6.20 Å². The quantitative estimate of drug-likeness (QED) is 0.506. The lowest BCUT2D eigenvalue weighted by Crippen LogP contribution is -2.57. The van der Waals surface area contributed by atoms with E-state index in [2.05, 4.69) is 73.1 Å². The second kappa shape index (κ2) is 5.28. The van der Waals surface area contributed by atoms with Gasteiger partial charge in [-0.05, 0) is 48.0 Å². The zero-order valence-electron chi connectivity index (χ0n) is 14.5. The fraction of sp³-hybridized carbons (Fsp3) is 0.200. The molecule has 0 aliphatic carbocycles. The number of hydrogen-bond acceptors (Lipinski definition) is 2. The van der Waals surface area contributed by atoms with Crippen LogP contribution in [0.15, 0.2) is 54.9 Å². The van der Waals surface area contributed by atoms with Gasteiger partial charge in [-0.25, -0.2) is 4.57 Å². The monoisotopic (exact) mass is 333 g/mol. The first kappa shape index (κ1) is 15.1. The normalized spacial score (nSPS) is 14.5. The van der Waals surface area contributed by atoms with Gasteiger partial charge in [-0.1, -0.05) is 13.1 Å². The highest BCUT2D eigenvalue weighted by atomic mass is 28.3. The highest BCUT2D eigenvalue weighted by Crippen LogP contribution is 2.32. The maximum atomic E-state index is 6.18. The fourth-order valence-electron chi connectivity index (χ4n) is 3.52. The number of nitrogens with zero attached hydrogens (tertiary/aromatic N) is 2. The summed E-state index contributed by atoms with van der Waals surface area (Å²) in [7, 11) is 0.206. The van der Waals surface area contributed by atoms with E-state index in [1.54, 1.807) is 0 Å². The van der Waals surface area contributed by atoms with E-state index in [1.807, 2.05) is 18.3 Å². The van der Waals surface area contributed by atoms with E-state index in [0.29, 0.717) is 0 Å². The lowest BCUT2D eigenvalue weighted by molar-refractivity contribution is -0.660. The van der Waals surface area contributed by atoms with E-state index >= 15 is 0 Å². The summed E-state index contributed by atoms with van der Waals surface area (Å²) in [5.74, 6) is 1.91. The number of benzene rings is 1. The zero-order valence-corrected chi connectivity index (χ0v) is 15.5. The first-order valence-electron chi connectivity index (χ1n) is 8.22. The van der Waals surface area contributed by atoms with Gasteiger partial charge >= 0.3 is 0 Å². The van der Waals surface area contributed by atoms with Crippen molar-refractivity contribution < 1.29 is 9.30 Å². The third-order valence-electron chi connectivity index (χ3n) is 4.91. The van der Waals surface area contributed by atoms with Crippen LogP contribution < -0.4 is 19.8 Å². The molecular formula is C20H21N2OSi+. The summed E-state index contributed by atoms with van der Waals surface area (Å²) in [6, 6.07) is 14.8. The van der Waals surface area contributed by atoms with Crippen molar-refractivity contribution in [3.8, 4) is 22.8 Å². The van der Waals surface area contributed by atoms with Gasteiger partial charge in [-0.2, -0.15) is 0 Å². The molecule has 4 rings (SSSR count). The molecule has 1 aliphatic rings. The molecule has 0 spiro atoms. The number of fused-ring (bicyclic) bond motifs is 2. The Hall–Kier alpha value is -2.46. The lowest BCUT2D eigenvalue weighted by atomic mass is 10.0. The summed E-state index contributed by atoms with van der Waals surface area (Å²) >= 11 is 0. The standard InChI is InChI=1S/C20H21N2OSi/c1-14-12-18-19(13-15(14)16-8-5-6-11-22(16)2)24(3,4)20-17(23-18)9-7-10-21-20/h5-13H,1-4H3/q+1. The van der Waals surface area contributed by atoms with Crippen LogP contribution in [0.5, 0.6) is 11.5 Å². The third-order valence-corrected chi connectivity index (χ3v) is 8.21. The molecule has 0 amide bonds. The van der Waals surface area contributed by atoms with Gasteiger partial charge < -0.3 is 4.74 Å². The summed E-state index contributed by atoms with van der Waals surface area (Å²) in [6.07, 6.45) is 3.96. The Morgan fingerprint density at radius 3 is 2.67 bits per heavy atom. The van der Waals surface area contributed by atoms with Crippen LogP contribution in [0.25, 0.3) is 11.3 Å². The van der Waals surface area contributed by atoms with Crippen molar-refractivity contribution in [3.05, 3.63) is 60.4 Å². The minimum atomic E-state index is -1.88. The molecule has 3 heterocycles. The average molecular weight is 333 g/mol. The Balaban J connectivity index is 1.95. The van der Waals surface area contributed by atoms with Crippen molar-refractivity contribution in [1.29, 1.82) is 0 Å². The molecular weight excluding hydrogens is 312 g/mol. The zero-order chi connectivity index (χ0) is 16.9. The summed E-state index contributed by atoms with van der Waals surface area (Å²) in [5.41, 5.74) is 3.71. The molecule has 3 aromatic rings. The number of aryl methyl sites for hydroxylation is 2. The maximum Gasteiger partial charge on any atom is 0.212 e. The molecule has 0 fully saturated rings. The third kappa shape index (κ3) is 2.18. The average Bonchev–Trinajstić information content (AvgIpc) is 2.55. The molecule has 0 saturated heterocycles. The van der Waals surface area contributed by atoms with Crippen LogP contribution in [0.1, 0.15) is 5.56 Å². The van der Waals surface area contributed by atoms with Crippen molar-refractivity contribution in [3.63, 3.8) is 0 Å². The van der Waals surface area contributed by atoms with Gasteiger partial charge in [0, 0.05) is 23.9 Å². The van der Waals surface area contributed by atoms with Crippen LogP contribution in [0, 0.1) is 6.92 Å². The predicted octanol–water partition coefficient (Wildman–Crippen LogP) is 2.81. The molecule has 0 bridgehead atoms. The first-order valence-corrected chi connectivity index (χ1v) is 11.2. The van der Waals surface area contributed by atoms with Crippen molar-refractivity contribution in [1.82, 2.24) is 4.98 Å². The Kier molecular flexibility index (Phi) is 3.32. The molecule has 0 N–H and O–H groups in total. The van der Waals surface area contributed by atoms with Crippen LogP contribution in [0.3, 0.4) is 0 Å². The molecule has 0 unspecified atom stereocenters. The maximum absolute atomic E-state index is 6.18. The van der Waals surface area contributed by atoms with Crippen LogP contribution in [0.4, 0.5) is 0 Å². The van der Waals surface area contributed by atoms with Gasteiger partial charge in [-0.3, -0.25) is 4.98 Å². The highest BCUT2D eigenvalue weighted by molar-refractivity contribution is 7.01. The van der Waals surface area contributed by atoms with Crippen molar-refractivity contribution in [2.75, 3.05) is 0 Å². The predicted molar refractivity (Wildman–Crippen MR) is 98.9 cm³/mol. The summed E-state index contributed by atoms with van der Waals surface area (Å²) < 4.78 is 8.35. The van der Waals surface area contributed by atoms with E-state index in [4.69, 9.17) is 4.74 Å². The van der Waals surface area contributed by atoms with Gasteiger partial charge in [0.2, 0.25) is 5.69 Å². The van der Waals surface area contributed by atoms with Crippen LogP contribution >= 0.6 is 0 Å². The summed E-state index contributed by atoms with van der Waals surface area (Å²) in [4.78, 5) is 4.64. The Morgan fingerprint density at radius 2 is 1.88 bits per heavy atom. The van der Waals surface area contributed by atoms with Crippen LogP contribution in [-0.2, 0) is 7.05 Å². The molecule has 0 radical (unpaired) electrons. The van der Waals surface area contributed by atoms with Crippen LogP contribution in [-0.4, -0.2) is 13.1 Å². The minimum Gasteiger partial charge on any atom is -0.456 e. The van der Waals surface area contributed by atoms with E-state index in [0.717, 1.165) is 16.8 Å². The number of hydrogen-bond donors (Lipinski definition) is 0. The Bertz CT molecular complexity index is 950. The molecule has 3 nitrogen and oxygen atoms in total. The Morgan fingerprint density at radius 1 is 1.04 bits per heavy atom. The van der Waals surface area contributed by atoms with E-state index in [9.17, 15) is 0 Å². The van der Waals surface area contributed by atoms with E-state index in [1.165, 1.54) is 22.0 Å². The van der Waals surface area contributed by atoms with E-state index in [-0.39, 0.29) is 0 Å². The molecule has 24 heavy (non-hydrogen) atoms. The minimum absolute atomic E-state index is 0.916. The van der Waals surface area contributed by atoms with E-state index < -0.39 is 8.07 Å². The topological polar surface area (TPSA) is 26.0 Å². The molecule has 4 heteroatoms. The summed E-state index contributed by atoms with van der Waals surface area (Å²) in [6.45, 7) is 6.86. The second-order valence-electron chi connectivity index (χ2n) is 6.94. The number of ether oxygens (including phenoxy) is 1. The largest absolute Gasteiger partial charge is 0.456 e. The number of aromatic nitrogens is 2. The van der Waals surface area contributed by atoms with Crippen molar-refractivity contribution in [2.24, 2.45) is 7.05 Å². The first-order chi connectivity index (χ1) is 11.5. The summed E-state index contributed by atoms with van der Waals surface area (Å²) in [5, 5.41) is 2.45. The molecule has 2 aromatic heterocycles. The van der Waals surface area contributed by atoms with Gasteiger partial charge in [0.05, 0.1) is 5.32 Å². The smallest absolute Gasteiger partial charge is 0.212 e. The molecule has 0 atom stereocenters. The second-order valence-corrected chi connectivity index (χ2v) is 11.2. The molecule has 120 valence electrons. The van der Waals surface area contributed by atoms with Crippen LogP contribution in [0.2, 0.25) is 13.1 Å². The molecule has 0 saturated carbocycles. The molecule has 1 aliphatic heterocycles. The fourth-order valence-corrected chi connectivity index (χ4v) is 6.17. The lowest BCUT2D eigenvalue weighted by Gasteiger charge is -2.32. The number of rotatable bonds is 1. The van der Waals surface area contributed by atoms with Crippen molar-refractivity contribution in [2.45, 2.75) is 20.0 Å². The molecule has 1 aromatic carbocycles. The SMILES string of the molecule is Cc1cc2c(cc1-c1cccc[n+]1C)[Si](C)(C)c1ncccc1O2. The van der Waals surface area contributed by atoms with Gasteiger partial charge in [0.25, 0.3) is 0 Å². The highest BCUT2D eigenvalue weighted by Gasteiger charge is 2.38.